The zero-order valence-electron chi connectivity index (χ0n) is 12.8. The fraction of sp³-hybridized carbons (Fsp3) is 0.222. The van der Waals surface area contributed by atoms with Crippen LogP contribution in [0.3, 0.4) is 0 Å². The van der Waals surface area contributed by atoms with Gasteiger partial charge >= 0.3 is 0 Å². The van der Waals surface area contributed by atoms with E-state index in [9.17, 15) is 4.79 Å². The second-order valence-electron chi connectivity index (χ2n) is 5.41. The molecule has 5 heteroatoms. The SMILES string of the molecule is O=C(/C=C/c1ccccc1Cl)N1CCN(c2cccc[nH+]2)CC1. The molecule has 0 atom stereocenters. The number of nitrogens with zero attached hydrogens (tertiary/aromatic N) is 2. The largest absolute Gasteiger partial charge is 0.331 e. The molecule has 0 spiro atoms. The van der Waals surface area contributed by atoms with Crippen molar-refractivity contribution in [2.75, 3.05) is 31.1 Å². The van der Waals surface area contributed by atoms with Crippen LogP contribution in [0.25, 0.3) is 6.08 Å². The molecule has 2 aromatic rings. The lowest BCUT2D eigenvalue weighted by atomic mass is 10.2. The Balaban J connectivity index is 1.57. The Morgan fingerprint density at radius 2 is 1.78 bits per heavy atom. The summed E-state index contributed by atoms with van der Waals surface area (Å²) in [4.78, 5) is 19.6. The number of rotatable bonds is 3. The Hall–Kier alpha value is -2.33. The van der Waals surface area contributed by atoms with Crippen LogP contribution < -0.4 is 9.88 Å². The maximum absolute atomic E-state index is 12.3. The molecule has 1 fully saturated rings. The first-order valence-corrected chi connectivity index (χ1v) is 8.05. The lowest BCUT2D eigenvalue weighted by Gasteiger charge is -2.30. The van der Waals surface area contributed by atoms with Gasteiger partial charge in [0, 0.05) is 17.2 Å². The van der Waals surface area contributed by atoms with Gasteiger partial charge in [-0.1, -0.05) is 35.9 Å². The molecule has 0 unspecified atom stereocenters. The van der Waals surface area contributed by atoms with Gasteiger partial charge < -0.3 is 4.90 Å². The molecule has 0 radical (unpaired) electrons. The third-order valence-electron chi connectivity index (χ3n) is 3.94. The summed E-state index contributed by atoms with van der Waals surface area (Å²) in [6, 6.07) is 13.5. The molecule has 3 rings (SSSR count). The van der Waals surface area contributed by atoms with Crippen LogP contribution in [0.4, 0.5) is 5.82 Å². The molecule has 23 heavy (non-hydrogen) atoms. The molecule has 0 saturated carbocycles. The molecular formula is C18H19ClN3O+. The lowest BCUT2D eigenvalue weighted by molar-refractivity contribution is -0.364. The summed E-state index contributed by atoms with van der Waals surface area (Å²) >= 11 is 6.09. The summed E-state index contributed by atoms with van der Waals surface area (Å²) in [5.74, 6) is 1.12. The smallest absolute Gasteiger partial charge is 0.274 e. The molecule has 1 N–H and O–H groups in total. The van der Waals surface area contributed by atoms with E-state index in [1.54, 1.807) is 12.2 Å². The van der Waals surface area contributed by atoms with Crippen LogP contribution in [0.15, 0.2) is 54.7 Å². The van der Waals surface area contributed by atoms with Crippen LogP contribution in [0.1, 0.15) is 5.56 Å². The molecule has 1 saturated heterocycles. The monoisotopic (exact) mass is 328 g/mol. The molecule has 1 amide bonds. The predicted molar refractivity (Wildman–Crippen MR) is 92.3 cm³/mol. The number of carbonyl (C=O) groups excluding carboxylic acids is 1. The minimum atomic E-state index is 0.0293. The van der Waals surface area contributed by atoms with Crippen molar-refractivity contribution in [1.82, 2.24) is 4.90 Å². The van der Waals surface area contributed by atoms with E-state index < -0.39 is 0 Å². The maximum atomic E-state index is 12.3. The van der Waals surface area contributed by atoms with Crippen LogP contribution in [-0.2, 0) is 4.79 Å². The average Bonchev–Trinajstić information content (AvgIpc) is 2.62. The average molecular weight is 329 g/mol. The summed E-state index contributed by atoms with van der Waals surface area (Å²) in [7, 11) is 0. The molecule has 118 valence electrons. The number of pyridine rings is 1. The van der Waals surface area contributed by atoms with Gasteiger partial charge in [-0.2, -0.15) is 0 Å². The maximum Gasteiger partial charge on any atom is 0.274 e. The number of anilines is 1. The number of benzene rings is 1. The lowest BCUT2D eigenvalue weighted by Crippen LogP contribution is -2.49. The van der Waals surface area contributed by atoms with Crippen molar-refractivity contribution in [2.24, 2.45) is 0 Å². The van der Waals surface area contributed by atoms with E-state index in [1.165, 1.54) is 0 Å². The van der Waals surface area contributed by atoms with E-state index in [1.807, 2.05) is 47.5 Å². The molecule has 1 aromatic carbocycles. The van der Waals surface area contributed by atoms with E-state index in [-0.39, 0.29) is 5.91 Å². The van der Waals surface area contributed by atoms with Gasteiger partial charge in [0.1, 0.15) is 13.1 Å². The van der Waals surface area contributed by atoms with E-state index >= 15 is 0 Å². The van der Waals surface area contributed by atoms with Gasteiger partial charge in [-0.3, -0.25) is 9.69 Å². The highest BCUT2D eigenvalue weighted by atomic mass is 35.5. The summed E-state index contributed by atoms with van der Waals surface area (Å²) in [6.45, 7) is 3.08. The van der Waals surface area contributed by atoms with Crippen molar-refractivity contribution in [3.63, 3.8) is 0 Å². The fourth-order valence-corrected chi connectivity index (χ4v) is 2.82. The predicted octanol–water partition coefficient (Wildman–Crippen LogP) is 2.52. The number of piperazine rings is 1. The van der Waals surface area contributed by atoms with Crippen molar-refractivity contribution in [3.8, 4) is 0 Å². The van der Waals surface area contributed by atoms with E-state index in [0.717, 1.165) is 24.5 Å². The molecule has 0 bridgehead atoms. The number of H-pyrrole nitrogens is 1. The van der Waals surface area contributed by atoms with Crippen LogP contribution in [-0.4, -0.2) is 37.0 Å². The van der Waals surface area contributed by atoms with Gasteiger partial charge in [-0.25, -0.2) is 4.98 Å². The van der Waals surface area contributed by atoms with Gasteiger partial charge in [-0.05, 0) is 23.8 Å². The Labute approximate surface area is 141 Å². The third kappa shape index (κ3) is 3.90. The topological polar surface area (TPSA) is 37.7 Å². The Bertz CT molecular complexity index is 694. The zero-order valence-corrected chi connectivity index (χ0v) is 13.5. The third-order valence-corrected chi connectivity index (χ3v) is 4.28. The first-order chi connectivity index (χ1) is 11.2. The van der Waals surface area contributed by atoms with E-state index in [4.69, 9.17) is 11.6 Å². The molecule has 4 nitrogen and oxygen atoms in total. The van der Waals surface area contributed by atoms with Crippen molar-refractivity contribution in [3.05, 3.63) is 65.3 Å². The number of carbonyl (C=O) groups is 1. The first-order valence-electron chi connectivity index (χ1n) is 7.67. The number of hydrogen-bond acceptors (Lipinski definition) is 2. The van der Waals surface area contributed by atoms with Gasteiger partial charge in [0.15, 0.2) is 0 Å². The van der Waals surface area contributed by atoms with Gasteiger partial charge in [0.25, 0.3) is 5.82 Å². The first kappa shape index (κ1) is 15.6. The molecular weight excluding hydrogens is 310 g/mol. The highest BCUT2D eigenvalue weighted by Gasteiger charge is 2.24. The molecule has 1 aliphatic heterocycles. The van der Waals surface area contributed by atoms with Crippen molar-refractivity contribution in [2.45, 2.75) is 0 Å². The summed E-state index contributed by atoms with van der Waals surface area (Å²) in [5.41, 5.74) is 0.861. The molecule has 0 aliphatic carbocycles. The molecule has 1 aliphatic rings. The zero-order chi connectivity index (χ0) is 16.1. The Kier molecular flexibility index (Phi) is 4.93. The van der Waals surface area contributed by atoms with Crippen LogP contribution in [0, 0.1) is 0 Å². The fourth-order valence-electron chi connectivity index (χ4n) is 2.63. The quantitative estimate of drug-likeness (QED) is 0.812. The van der Waals surface area contributed by atoms with Gasteiger partial charge in [-0.15, -0.1) is 0 Å². The minimum Gasteiger partial charge on any atom is -0.331 e. The van der Waals surface area contributed by atoms with Crippen molar-refractivity contribution >= 4 is 29.4 Å². The van der Waals surface area contributed by atoms with Crippen molar-refractivity contribution in [1.29, 1.82) is 0 Å². The Morgan fingerprint density at radius 3 is 2.48 bits per heavy atom. The molecule has 2 heterocycles. The number of nitrogens with one attached hydrogen (secondary N) is 1. The summed E-state index contributed by atoms with van der Waals surface area (Å²) < 4.78 is 0. The van der Waals surface area contributed by atoms with Crippen LogP contribution in [0.2, 0.25) is 5.02 Å². The normalized spacial score (nSPS) is 15.2. The number of aromatic nitrogens is 1. The number of aromatic amines is 1. The Morgan fingerprint density at radius 1 is 1.04 bits per heavy atom. The number of halogens is 1. The summed E-state index contributed by atoms with van der Waals surface area (Å²) in [5, 5.41) is 0.654. The number of hydrogen-bond donors (Lipinski definition) is 0. The van der Waals surface area contributed by atoms with Crippen molar-refractivity contribution < 1.29 is 9.78 Å². The highest BCUT2D eigenvalue weighted by Crippen LogP contribution is 2.16. The van der Waals surface area contributed by atoms with Crippen LogP contribution >= 0.6 is 11.6 Å². The van der Waals surface area contributed by atoms with E-state index in [0.29, 0.717) is 18.1 Å². The standard InChI is InChI=1S/C18H18ClN3O/c19-16-6-2-1-5-15(16)8-9-18(23)22-13-11-21(12-14-22)17-7-3-4-10-20-17/h1-10H,11-14H2/p+1/b9-8+. The molecule has 1 aromatic heterocycles. The van der Waals surface area contributed by atoms with E-state index in [2.05, 4.69) is 16.0 Å². The second kappa shape index (κ2) is 7.29. The van der Waals surface area contributed by atoms with Crippen LogP contribution in [0.5, 0.6) is 0 Å². The second-order valence-corrected chi connectivity index (χ2v) is 5.82. The minimum absolute atomic E-state index is 0.0293. The summed E-state index contributed by atoms with van der Waals surface area (Å²) in [6.07, 6.45) is 5.30. The number of amides is 1. The highest BCUT2D eigenvalue weighted by molar-refractivity contribution is 6.32. The van der Waals surface area contributed by atoms with Gasteiger partial charge in [0.2, 0.25) is 5.91 Å². The van der Waals surface area contributed by atoms with Gasteiger partial charge in [0.05, 0.1) is 19.3 Å².